The minimum absolute atomic E-state index is 0.104. The van der Waals surface area contributed by atoms with E-state index in [9.17, 15) is 19.5 Å². The first-order valence-electron chi connectivity index (χ1n) is 18.7. The number of aliphatic hydroxyl groups is 1. The molecule has 278 valence electrons. The molecule has 2 fully saturated rings. The minimum Gasteiger partial charge on any atom is -0.455 e. The molecule has 11 nitrogen and oxygen atoms in total. The molecule has 4 heterocycles. The fourth-order valence-electron chi connectivity index (χ4n) is 8.52. The number of carbonyl (C=O) groups excluding carboxylic acids is 4. The Bertz CT molecular complexity index is 1670. The number of benzene rings is 2. The average molecular weight is 713 g/mol. The molecule has 11 heteroatoms. The fourth-order valence-corrected chi connectivity index (χ4v) is 8.52. The Kier molecular flexibility index (Phi) is 11.2. The molecular weight excluding hydrogens is 660 g/mol. The third-order valence-electron chi connectivity index (χ3n) is 10.9. The third kappa shape index (κ3) is 6.88. The van der Waals surface area contributed by atoms with E-state index in [0.29, 0.717) is 24.1 Å². The number of amides is 3. The lowest BCUT2D eigenvalue weighted by Gasteiger charge is -2.39. The van der Waals surface area contributed by atoms with Gasteiger partial charge in [-0.2, -0.15) is 0 Å². The van der Waals surface area contributed by atoms with E-state index in [1.54, 1.807) is 30.1 Å². The quantitative estimate of drug-likeness (QED) is 0.286. The number of esters is 1. The molecule has 4 aliphatic heterocycles. The van der Waals surface area contributed by atoms with Gasteiger partial charge in [-0.05, 0) is 69.4 Å². The third-order valence-corrected chi connectivity index (χ3v) is 10.9. The molecular formula is C41H52N4O7. The summed E-state index contributed by atoms with van der Waals surface area (Å²) >= 11 is 0. The zero-order chi connectivity index (χ0) is 37.2. The highest BCUT2D eigenvalue weighted by Gasteiger charge is 2.72. The van der Waals surface area contributed by atoms with E-state index >= 15 is 4.79 Å². The molecule has 0 radical (unpaired) electrons. The van der Waals surface area contributed by atoms with Gasteiger partial charge in [0.05, 0.1) is 30.7 Å². The van der Waals surface area contributed by atoms with Crippen molar-refractivity contribution in [2.24, 2.45) is 17.8 Å². The van der Waals surface area contributed by atoms with Gasteiger partial charge in [0.25, 0.3) is 5.91 Å². The molecule has 0 aliphatic carbocycles. The summed E-state index contributed by atoms with van der Waals surface area (Å²) in [5, 5.41) is 13.7. The van der Waals surface area contributed by atoms with Gasteiger partial charge in [-0.15, -0.1) is 0 Å². The first kappa shape index (κ1) is 37.3. The summed E-state index contributed by atoms with van der Waals surface area (Å²) in [6, 6.07) is 14.6. The molecule has 2 aromatic rings. The number of cyclic esters (lactones) is 1. The van der Waals surface area contributed by atoms with Crippen LogP contribution in [0.15, 0.2) is 78.9 Å². The van der Waals surface area contributed by atoms with Gasteiger partial charge in [-0.3, -0.25) is 19.2 Å². The van der Waals surface area contributed by atoms with Crippen molar-refractivity contribution in [3.63, 3.8) is 0 Å². The van der Waals surface area contributed by atoms with Crippen molar-refractivity contribution >= 4 is 35.1 Å². The second-order valence-electron chi connectivity index (χ2n) is 14.7. The lowest BCUT2D eigenvalue weighted by atomic mass is 9.77. The molecule has 52 heavy (non-hydrogen) atoms. The van der Waals surface area contributed by atoms with Crippen molar-refractivity contribution in [1.82, 2.24) is 10.2 Å². The molecule has 4 aliphatic rings. The van der Waals surface area contributed by atoms with E-state index in [1.807, 2.05) is 74.5 Å². The molecule has 0 aromatic heterocycles. The molecule has 8 atom stereocenters. The molecule has 2 aromatic carbocycles. The van der Waals surface area contributed by atoms with Gasteiger partial charge in [0.15, 0.2) is 0 Å². The van der Waals surface area contributed by atoms with Gasteiger partial charge >= 0.3 is 5.97 Å². The Morgan fingerprint density at radius 1 is 0.981 bits per heavy atom. The number of nitrogens with one attached hydrogen (secondary N) is 1. The zero-order valence-corrected chi connectivity index (χ0v) is 30.8. The maximum Gasteiger partial charge on any atom is 0.313 e. The lowest BCUT2D eigenvalue weighted by molar-refractivity contribution is -0.162. The number of anilines is 2. The number of hydrogen-bond acceptors (Lipinski definition) is 8. The Morgan fingerprint density at radius 2 is 1.69 bits per heavy atom. The van der Waals surface area contributed by atoms with E-state index in [2.05, 4.69) is 24.1 Å². The molecule has 6 rings (SSSR count). The summed E-state index contributed by atoms with van der Waals surface area (Å²) in [5.41, 5.74) is 0.888. The van der Waals surface area contributed by atoms with Crippen LogP contribution in [0, 0.1) is 17.8 Å². The topological polar surface area (TPSA) is 129 Å². The number of nitrogens with zero attached hydrogens (tertiary/aromatic N) is 3. The van der Waals surface area contributed by atoms with Gasteiger partial charge in [-0.1, -0.05) is 68.5 Å². The normalized spacial score (nSPS) is 30.4. The molecule has 3 amide bonds. The van der Waals surface area contributed by atoms with Gasteiger partial charge < -0.3 is 34.6 Å². The van der Waals surface area contributed by atoms with Crippen molar-refractivity contribution in [3.05, 3.63) is 84.5 Å². The molecule has 2 N–H and O–H groups in total. The van der Waals surface area contributed by atoms with Crippen LogP contribution in [-0.2, 0) is 28.7 Å². The Hall–Kier alpha value is -4.48. The molecule has 0 bridgehead atoms. The Balaban J connectivity index is 1.44. The number of carbonyl (C=O) groups is 4. The molecule has 1 spiro atoms. The predicted octanol–water partition coefficient (Wildman–Crippen LogP) is 4.56. The first-order chi connectivity index (χ1) is 25.0. The highest BCUT2D eigenvalue weighted by atomic mass is 16.6. The summed E-state index contributed by atoms with van der Waals surface area (Å²) in [4.78, 5) is 62.9. The maximum absolute atomic E-state index is 15.0. The van der Waals surface area contributed by atoms with Crippen LogP contribution >= 0.6 is 0 Å². The minimum atomic E-state index is -1.52. The van der Waals surface area contributed by atoms with Crippen molar-refractivity contribution in [2.45, 2.75) is 89.8 Å². The number of allylic oxidation sites excluding steroid dienone is 1. The number of ether oxygens (including phenoxy) is 2. The number of aliphatic hydroxyl groups excluding tert-OH is 1. The molecule has 2 saturated heterocycles. The highest BCUT2D eigenvalue weighted by molar-refractivity contribution is 6.05. The first-order valence-corrected chi connectivity index (χ1v) is 18.7. The van der Waals surface area contributed by atoms with Crippen molar-refractivity contribution < 1.29 is 33.8 Å². The smallest absolute Gasteiger partial charge is 0.313 e. The fraction of sp³-hybridized carbons (Fsp3) is 0.512. The van der Waals surface area contributed by atoms with Crippen molar-refractivity contribution in [1.29, 1.82) is 0 Å². The Labute approximate surface area is 306 Å². The van der Waals surface area contributed by atoms with E-state index < -0.39 is 59.6 Å². The lowest BCUT2D eigenvalue weighted by Crippen LogP contribution is -2.58. The largest absolute Gasteiger partial charge is 0.455 e. The van der Waals surface area contributed by atoms with Crippen LogP contribution in [0.2, 0.25) is 0 Å². The van der Waals surface area contributed by atoms with Gasteiger partial charge in [0.2, 0.25) is 11.8 Å². The number of rotatable bonds is 9. The van der Waals surface area contributed by atoms with E-state index in [4.69, 9.17) is 9.47 Å². The van der Waals surface area contributed by atoms with Crippen LogP contribution in [0.4, 0.5) is 11.4 Å². The summed E-state index contributed by atoms with van der Waals surface area (Å²) < 4.78 is 13.2. The summed E-state index contributed by atoms with van der Waals surface area (Å²) in [6.07, 6.45) is 6.47. The van der Waals surface area contributed by atoms with E-state index in [0.717, 1.165) is 18.8 Å². The molecule has 0 saturated carbocycles. The average Bonchev–Trinajstić information content (AvgIpc) is 3.53. The highest BCUT2D eigenvalue weighted by Crippen LogP contribution is 2.54. The summed E-state index contributed by atoms with van der Waals surface area (Å²) in [6.45, 7) is 11.5. The number of hydrogen-bond donors (Lipinski definition) is 2. The summed E-state index contributed by atoms with van der Waals surface area (Å²) in [7, 11) is 0. The second kappa shape index (κ2) is 15.6. The van der Waals surface area contributed by atoms with Gasteiger partial charge in [0.1, 0.15) is 23.7 Å². The van der Waals surface area contributed by atoms with Crippen LogP contribution in [-0.4, -0.2) is 89.8 Å². The van der Waals surface area contributed by atoms with Crippen LogP contribution < -0.4 is 15.1 Å². The summed E-state index contributed by atoms with van der Waals surface area (Å²) in [5.74, 6) is -3.70. The zero-order valence-electron chi connectivity index (χ0n) is 30.8. The van der Waals surface area contributed by atoms with Crippen LogP contribution in [0.25, 0.3) is 0 Å². The Morgan fingerprint density at radius 3 is 2.35 bits per heavy atom. The second-order valence-corrected chi connectivity index (χ2v) is 14.7. The monoisotopic (exact) mass is 712 g/mol. The van der Waals surface area contributed by atoms with Gasteiger partial charge in [-0.25, -0.2) is 0 Å². The van der Waals surface area contributed by atoms with Crippen molar-refractivity contribution in [3.8, 4) is 0 Å². The molecule has 0 unspecified atom stereocenters. The van der Waals surface area contributed by atoms with Gasteiger partial charge in [0, 0.05) is 37.4 Å². The van der Waals surface area contributed by atoms with Crippen LogP contribution in [0.1, 0.15) is 65.5 Å². The van der Waals surface area contributed by atoms with E-state index in [-0.39, 0.29) is 37.3 Å². The van der Waals surface area contributed by atoms with Crippen LogP contribution in [0.3, 0.4) is 0 Å². The predicted molar refractivity (Wildman–Crippen MR) is 198 cm³/mol. The number of likely N-dealkylation sites (tertiary alicyclic amines) is 1. The van der Waals surface area contributed by atoms with Crippen molar-refractivity contribution in [2.75, 3.05) is 36.0 Å². The standard InChI is InChI=1S/C41H52N4O7/c1-6-43(7-2)29-18-20-30(21-19-29)44-23-13-22-41-35(38(48)45(37(41)39(44)49)31(25-46)24-26(3)4)34-32(52-41)16-11-12-17-33(47)42-27(5)36(51-40(34)50)28-14-9-8-10-15-28/h8-11,13-16,18-22,26-27,31-32,34-37,46H,6-7,12,17,23-25H2,1-5H3,(H,42,47)/b16-11-/t27-,31+,32-,34+,35+,36+,37-,41+/m0/s1. The number of fused-ring (bicyclic) bond motifs is 2. The maximum atomic E-state index is 15.0. The van der Waals surface area contributed by atoms with Crippen LogP contribution in [0.5, 0.6) is 0 Å². The SMILES string of the molecule is CCN(CC)c1ccc(N2CC=C[C@@]34O[C@H]5/C=C\CCC(=O)N[C@@H](C)[C@H](c6ccccc6)OC(=O)[C@H]5[C@@H]3C(=O)N([C@@H](CO)CC(C)C)[C@H]4C2=O)cc1. The van der Waals surface area contributed by atoms with E-state index in [1.165, 1.54) is 4.90 Å².